The van der Waals surface area contributed by atoms with Crippen molar-refractivity contribution < 1.29 is 9.72 Å². The van der Waals surface area contributed by atoms with Gasteiger partial charge in [0.25, 0.3) is 5.69 Å². The van der Waals surface area contributed by atoms with Crippen molar-refractivity contribution >= 4 is 17.4 Å². The van der Waals surface area contributed by atoms with E-state index in [4.69, 9.17) is 5.73 Å². The van der Waals surface area contributed by atoms with Gasteiger partial charge in [-0.2, -0.15) is 0 Å². The molecule has 0 fully saturated rings. The largest absolute Gasteiger partial charge is 0.368 e. The van der Waals surface area contributed by atoms with Crippen molar-refractivity contribution in [2.24, 2.45) is 5.73 Å². The predicted molar refractivity (Wildman–Crippen MR) is 57.9 cm³/mol. The van der Waals surface area contributed by atoms with E-state index in [2.05, 4.69) is 10.3 Å². The van der Waals surface area contributed by atoms with Crippen LogP contribution in [0.25, 0.3) is 0 Å². The Bertz CT molecular complexity index is 433. The summed E-state index contributed by atoms with van der Waals surface area (Å²) in [5.41, 5.74) is 5.57. The van der Waals surface area contributed by atoms with Gasteiger partial charge in [-0.25, -0.2) is 4.98 Å². The number of hydrogen-bond donors (Lipinski definition) is 2. The Labute approximate surface area is 91.8 Å². The van der Waals surface area contributed by atoms with E-state index < -0.39 is 16.9 Å². The maximum absolute atomic E-state index is 10.8. The van der Waals surface area contributed by atoms with Crippen LogP contribution < -0.4 is 11.1 Å². The summed E-state index contributed by atoms with van der Waals surface area (Å²) >= 11 is 0. The van der Waals surface area contributed by atoms with Gasteiger partial charge in [-0.1, -0.05) is 0 Å². The standard InChI is InChI=1S/C9H12N4O3/c1-5-3-7(13(15)16)4-11-9(5)12-6(2)8(10)14/h3-4,6H,1-2H3,(H2,10,14)(H,11,12). The van der Waals surface area contributed by atoms with Gasteiger partial charge in [-0.05, 0) is 19.4 Å². The minimum absolute atomic E-state index is 0.0882. The Morgan fingerprint density at radius 3 is 2.75 bits per heavy atom. The fourth-order valence-corrected chi connectivity index (χ4v) is 1.09. The third-order valence-corrected chi connectivity index (χ3v) is 2.05. The molecule has 0 saturated carbocycles. The molecular weight excluding hydrogens is 212 g/mol. The number of pyridine rings is 1. The van der Waals surface area contributed by atoms with E-state index in [9.17, 15) is 14.9 Å². The molecule has 0 spiro atoms. The van der Waals surface area contributed by atoms with Gasteiger partial charge in [0.2, 0.25) is 5.91 Å². The highest BCUT2D eigenvalue weighted by Gasteiger charge is 2.13. The molecule has 0 aliphatic heterocycles. The van der Waals surface area contributed by atoms with Gasteiger partial charge in [0.15, 0.2) is 0 Å². The first-order valence-corrected chi connectivity index (χ1v) is 4.58. The zero-order valence-electron chi connectivity index (χ0n) is 8.93. The van der Waals surface area contributed by atoms with Gasteiger partial charge in [-0.3, -0.25) is 14.9 Å². The Kier molecular flexibility index (Phi) is 3.39. The monoisotopic (exact) mass is 224 g/mol. The van der Waals surface area contributed by atoms with Gasteiger partial charge >= 0.3 is 0 Å². The summed E-state index contributed by atoms with van der Waals surface area (Å²) in [5.74, 6) is -0.101. The molecule has 16 heavy (non-hydrogen) atoms. The lowest BCUT2D eigenvalue weighted by Gasteiger charge is -2.12. The van der Waals surface area contributed by atoms with Crippen LogP contribution in [-0.4, -0.2) is 21.9 Å². The van der Waals surface area contributed by atoms with Crippen molar-refractivity contribution in [3.8, 4) is 0 Å². The van der Waals surface area contributed by atoms with E-state index in [1.807, 2.05) is 0 Å². The van der Waals surface area contributed by atoms with Gasteiger partial charge in [0.1, 0.15) is 18.1 Å². The fourth-order valence-electron chi connectivity index (χ4n) is 1.09. The molecule has 1 atom stereocenters. The number of primary amides is 1. The quantitative estimate of drug-likeness (QED) is 0.574. The molecule has 3 N–H and O–H groups in total. The second-order valence-corrected chi connectivity index (χ2v) is 3.38. The number of hydrogen-bond acceptors (Lipinski definition) is 5. The predicted octanol–water partition coefficient (Wildman–Crippen LogP) is 0.584. The summed E-state index contributed by atoms with van der Waals surface area (Å²) < 4.78 is 0. The zero-order chi connectivity index (χ0) is 12.3. The molecule has 0 saturated heterocycles. The summed E-state index contributed by atoms with van der Waals surface area (Å²) in [5, 5.41) is 13.2. The molecule has 0 aliphatic rings. The normalized spacial score (nSPS) is 11.9. The van der Waals surface area contributed by atoms with Crippen LogP contribution in [0.3, 0.4) is 0 Å². The molecule has 1 unspecified atom stereocenters. The number of nitrogens with one attached hydrogen (secondary N) is 1. The summed E-state index contributed by atoms with van der Waals surface area (Å²) in [7, 11) is 0. The van der Waals surface area contributed by atoms with Crippen molar-refractivity contribution in [3.05, 3.63) is 27.9 Å². The molecule has 1 aromatic rings. The van der Waals surface area contributed by atoms with E-state index >= 15 is 0 Å². The van der Waals surface area contributed by atoms with Crippen molar-refractivity contribution in [1.82, 2.24) is 4.98 Å². The van der Waals surface area contributed by atoms with E-state index in [1.54, 1.807) is 13.8 Å². The molecule has 86 valence electrons. The van der Waals surface area contributed by atoms with E-state index in [0.29, 0.717) is 11.4 Å². The maximum Gasteiger partial charge on any atom is 0.287 e. The maximum atomic E-state index is 10.8. The molecule has 1 rings (SSSR count). The fraction of sp³-hybridized carbons (Fsp3) is 0.333. The minimum Gasteiger partial charge on any atom is -0.368 e. The van der Waals surface area contributed by atoms with Crippen LogP contribution in [0.4, 0.5) is 11.5 Å². The SMILES string of the molecule is Cc1cc([N+](=O)[O-])cnc1NC(C)C(N)=O. The summed E-state index contributed by atoms with van der Waals surface area (Å²) in [6, 6.07) is 0.802. The van der Waals surface area contributed by atoms with Gasteiger partial charge in [0, 0.05) is 6.07 Å². The highest BCUT2D eigenvalue weighted by atomic mass is 16.6. The second-order valence-electron chi connectivity index (χ2n) is 3.38. The number of nitro groups is 1. The number of aryl methyl sites for hydroxylation is 1. The molecule has 1 amide bonds. The summed E-state index contributed by atoms with van der Waals surface area (Å²) in [4.78, 5) is 24.6. The van der Waals surface area contributed by atoms with Crippen molar-refractivity contribution in [1.29, 1.82) is 0 Å². The number of carbonyl (C=O) groups is 1. The molecule has 0 aromatic carbocycles. The average molecular weight is 224 g/mol. The Morgan fingerprint density at radius 2 is 2.31 bits per heavy atom. The number of carbonyl (C=O) groups excluding carboxylic acids is 1. The van der Waals surface area contributed by atoms with Gasteiger partial charge in [0.05, 0.1) is 4.92 Å². The first kappa shape index (κ1) is 11.9. The second kappa shape index (κ2) is 4.56. The molecule has 0 bridgehead atoms. The summed E-state index contributed by atoms with van der Waals surface area (Å²) in [6.45, 7) is 3.25. The van der Waals surface area contributed by atoms with Crippen LogP contribution in [0.1, 0.15) is 12.5 Å². The third-order valence-electron chi connectivity index (χ3n) is 2.05. The average Bonchev–Trinajstić information content (AvgIpc) is 2.20. The molecule has 1 heterocycles. The van der Waals surface area contributed by atoms with Crippen molar-refractivity contribution in [2.75, 3.05) is 5.32 Å². The number of rotatable bonds is 4. The first-order valence-electron chi connectivity index (χ1n) is 4.58. The molecule has 7 nitrogen and oxygen atoms in total. The first-order chi connectivity index (χ1) is 7.41. The van der Waals surface area contributed by atoms with Crippen LogP contribution in [0.15, 0.2) is 12.3 Å². The Morgan fingerprint density at radius 1 is 1.69 bits per heavy atom. The van der Waals surface area contributed by atoms with Crippen LogP contribution in [0.5, 0.6) is 0 Å². The summed E-state index contributed by atoms with van der Waals surface area (Å²) in [6.07, 6.45) is 1.13. The number of anilines is 1. The highest BCUT2D eigenvalue weighted by Crippen LogP contribution is 2.18. The molecule has 0 aliphatic carbocycles. The molecule has 1 aromatic heterocycles. The lowest BCUT2D eigenvalue weighted by molar-refractivity contribution is -0.385. The molecular formula is C9H12N4O3. The number of nitrogens with zero attached hydrogens (tertiary/aromatic N) is 2. The minimum atomic E-state index is -0.576. The van der Waals surface area contributed by atoms with Gasteiger partial charge < -0.3 is 11.1 Å². The topological polar surface area (TPSA) is 111 Å². The van der Waals surface area contributed by atoms with Crippen LogP contribution in [-0.2, 0) is 4.79 Å². The molecule has 0 radical (unpaired) electrons. The van der Waals surface area contributed by atoms with E-state index in [-0.39, 0.29) is 5.69 Å². The number of aromatic nitrogens is 1. The highest BCUT2D eigenvalue weighted by molar-refractivity contribution is 5.82. The van der Waals surface area contributed by atoms with E-state index in [1.165, 1.54) is 6.07 Å². The molecule has 7 heteroatoms. The Balaban J connectivity index is 2.91. The van der Waals surface area contributed by atoms with Crippen LogP contribution in [0, 0.1) is 17.0 Å². The third kappa shape index (κ3) is 2.66. The van der Waals surface area contributed by atoms with Gasteiger partial charge in [-0.15, -0.1) is 0 Å². The Hall–Kier alpha value is -2.18. The lowest BCUT2D eigenvalue weighted by Crippen LogP contribution is -2.33. The van der Waals surface area contributed by atoms with Crippen LogP contribution in [0.2, 0.25) is 0 Å². The van der Waals surface area contributed by atoms with Crippen molar-refractivity contribution in [3.63, 3.8) is 0 Å². The smallest absolute Gasteiger partial charge is 0.287 e. The zero-order valence-corrected chi connectivity index (χ0v) is 8.93. The van der Waals surface area contributed by atoms with Crippen LogP contribution >= 0.6 is 0 Å². The number of amides is 1. The number of nitrogens with two attached hydrogens (primary N) is 1. The van der Waals surface area contributed by atoms with E-state index in [0.717, 1.165) is 6.20 Å². The van der Waals surface area contributed by atoms with Crippen molar-refractivity contribution in [2.45, 2.75) is 19.9 Å². The lowest BCUT2D eigenvalue weighted by atomic mass is 10.2.